The lowest BCUT2D eigenvalue weighted by atomic mass is 9.75. The van der Waals surface area contributed by atoms with Gasteiger partial charge in [-0.25, -0.2) is 0 Å². The average Bonchev–Trinajstić information content (AvgIpc) is 3.19. The van der Waals surface area contributed by atoms with Gasteiger partial charge in [-0.15, -0.1) is 11.8 Å². The minimum atomic E-state index is 0.0712. The zero-order valence-electron chi connectivity index (χ0n) is 11.9. The van der Waals surface area contributed by atoms with Crippen molar-refractivity contribution in [1.29, 1.82) is 0 Å². The van der Waals surface area contributed by atoms with E-state index in [4.69, 9.17) is 11.6 Å². The van der Waals surface area contributed by atoms with Gasteiger partial charge in [0.25, 0.3) is 0 Å². The zero-order chi connectivity index (χ0) is 14.8. The van der Waals surface area contributed by atoms with E-state index in [2.05, 4.69) is 17.1 Å². The summed E-state index contributed by atoms with van der Waals surface area (Å²) in [6.45, 7) is 0. The topological polar surface area (TPSA) is 32.9 Å². The SMILES string of the molecule is O=c1[nH]c2c(s1)[C@H](c1ccccc1Cl)[C@H]1[C@@H]3CC[C@@H](C3)[C@@H]1S2. The summed E-state index contributed by atoms with van der Waals surface area (Å²) in [4.78, 5) is 16.3. The molecule has 2 fully saturated rings. The van der Waals surface area contributed by atoms with Crippen LogP contribution in [0.4, 0.5) is 0 Å². The molecule has 2 saturated carbocycles. The van der Waals surface area contributed by atoms with Crippen molar-refractivity contribution in [3.63, 3.8) is 0 Å². The molecule has 5 atom stereocenters. The van der Waals surface area contributed by atoms with E-state index in [-0.39, 0.29) is 4.87 Å². The first-order chi connectivity index (χ1) is 10.7. The van der Waals surface area contributed by atoms with E-state index in [1.807, 2.05) is 23.9 Å². The van der Waals surface area contributed by atoms with Gasteiger partial charge in [-0.2, -0.15) is 0 Å². The van der Waals surface area contributed by atoms with Gasteiger partial charge in [-0.05, 0) is 48.6 Å². The molecule has 1 N–H and O–H groups in total. The highest BCUT2D eigenvalue weighted by molar-refractivity contribution is 8.00. The Kier molecular flexibility index (Phi) is 3.05. The lowest BCUT2D eigenvalue weighted by molar-refractivity contribution is 0.307. The van der Waals surface area contributed by atoms with Crippen LogP contribution in [0.5, 0.6) is 0 Å². The molecule has 1 aliphatic heterocycles. The van der Waals surface area contributed by atoms with Crippen LogP contribution in [-0.4, -0.2) is 10.2 Å². The summed E-state index contributed by atoms with van der Waals surface area (Å²) in [6.07, 6.45) is 4.07. The Morgan fingerprint density at radius 1 is 1.18 bits per heavy atom. The van der Waals surface area contributed by atoms with Crippen LogP contribution in [0.3, 0.4) is 0 Å². The number of aromatic nitrogens is 1. The maximum atomic E-state index is 11.9. The molecule has 0 spiro atoms. The number of nitrogens with one attached hydrogen (secondary N) is 1. The summed E-state index contributed by atoms with van der Waals surface area (Å²) in [5.41, 5.74) is 1.21. The van der Waals surface area contributed by atoms with E-state index < -0.39 is 0 Å². The molecule has 114 valence electrons. The fraction of sp³-hybridized carbons (Fsp3) is 0.471. The minimum Gasteiger partial charge on any atom is -0.307 e. The molecule has 0 saturated heterocycles. The van der Waals surface area contributed by atoms with Gasteiger partial charge in [-0.3, -0.25) is 4.79 Å². The number of benzene rings is 1. The summed E-state index contributed by atoms with van der Waals surface area (Å²) in [6, 6.07) is 8.19. The summed E-state index contributed by atoms with van der Waals surface area (Å²) in [5.74, 6) is 2.56. The summed E-state index contributed by atoms with van der Waals surface area (Å²) >= 11 is 9.85. The second-order valence-electron chi connectivity index (χ2n) is 6.70. The van der Waals surface area contributed by atoms with E-state index in [0.29, 0.717) is 17.1 Å². The Hall–Kier alpha value is -0.710. The summed E-state index contributed by atoms with van der Waals surface area (Å²) in [7, 11) is 0. The lowest BCUT2D eigenvalue weighted by Gasteiger charge is -2.40. The number of hydrogen-bond donors (Lipinski definition) is 1. The third kappa shape index (κ3) is 1.84. The molecule has 0 radical (unpaired) electrons. The molecule has 3 aliphatic rings. The Labute approximate surface area is 142 Å². The van der Waals surface area contributed by atoms with Crippen LogP contribution in [0.15, 0.2) is 34.1 Å². The molecule has 0 unspecified atom stereocenters. The van der Waals surface area contributed by atoms with Gasteiger partial charge in [0.1, 0.15) is 0 Å². The van der Waals surface area contributed by atoms with Crippen LogP contribution < -0.4 is 4.87 Å². The Morgan fingerprint density at radius 2 is 2.00 bits per heavy atom. The average molecular weight is 350 g/mol. The Balaban J connectivity index is 1.72. The van der Waals surface area contributed by atoms with Crippen molar-refractivity contribution in [2.24, 2.45) is 17.8 Å². The van der Waals surface area contributed by atoms with Gasteiger partial charge in [0.15, 0.2) is 0 Å². The second-order valence-corrected chi connectivity index (χ2v) is 9.31. The first-order valence-corrected chi connectivity index (χ1v) is 9.94. The summed E-state index contributed by atoms with van der Waals surface area (Å²) in [5, 5.41) is 2.60. The Morgan fingerprint density at radius 3 is 2.86 bits per heavy atom. The number of aromatic amines is 1. The van der Waals surface area contributed by atoms with Crippen LogP contribution in [0.1, 0.15) is 35.6 Å². The molecule has 2 nitrogen and oxygen atoms in total. The van der Waals surface area contributed by atoms with Crippen molar-refractivity contribution in [2.75, 3.05) is 0 Å². The smallest absolute Gasteiger partial charge is 0.305 e. The molecule has 5 heteroatoms. The predicted octanol–water partition coefficient (Wildman–Crippen LogP) is 4.74. The van der Waals surface area contributed by atoms with Crippen LogP contribution in [-0.2, 0) is 0 Å². The standard InChI is InChI=1S/C17H16ClNOS2/c18-11-4-2-1-3-10(11)13-12-8-5-6-9(7-8)14(12)21-16-15(13)22-17(20)19-16/h1-4,8-9,12-14H,5-7H2,(H,19,20)/t8-,9+,12-,13-,14+/m1/s1. The van der Waals surface area contributed by atoms with Crippen molar-refractivity contribution in [3.05, 3.63) is 49.4 Å². The van der Waals surface area contributed by atoms with Crippen LogP contribution in [0, 0.1) is 17.8 Å². The van der Waals surface area contributed by atoms with Crippen molar-refractivity contribution < 1.29 is 0 Å². The molecule has 1 aromatic carbocycles. The molecular weight excluding hydrogens is 334 g/mol. The molecular formula is C17H16ClNOS2. The van der Waals surface area contributed by atoms with Crippen LogP contribution >= 0.6 is 34.7 Å². The molecule has 2 bridgehead atoms. The summed E-state index contributed by atoms with van der Waals surface area (Å²) < 4.78 is 0. The third-order valence-electron chi connectivity index (χ3n) is 5.71. The molecule has 0 amide bonds. The quantitative estimate of drug-likeness (QED) is 0.806. The van der Waals surface area contributed by atoms with Gasteiger partial charge in [0.05, 0.1) is 5.03 Å². The molecule has 22 heavy (non-hydrogen) atoms. The van der Waals surface area contributed by atoms with Crippen molar-refractivity contribution >= 4 is 34.7 Å². The number of fused-ring (bicyclic) bond motifs is 6. The van der Waals surface area contributed by atoms with Crippen LogP contribution in [0.2, 0.25) is 5.02 Å². The van der Waals surface area contributed by atoms with E-state index in [9.17, 15) is 4.79 Å². The predicted molar refractivity (Wildman–Crippen MR) is 92.2 cm³/mol. The number of H-pyrrole nitrogens is 1. The van der Waals surface area contributed by atoms with E-state index in [1.54, 1.807) is 0 Å². The van der Waals surface area contributed by atoms with E-state index in [1.165, 1.54) is 41.0 Å². The van der Waals surface area contributed by atoms with Gasteiger partial charge in [-0.1, -0.05) is 41.1 Å². The van der Waals surface area contributed by atoms with Crippen molar-refractivity contribution in [1.82, 2.24) is 4.98 Å². The number of halogens is 1. The zero-order valence-corrected chi connectivity index (χ0v) is 14.3. The number of thioether (sulfide) groups is 1. The molecule has 2 heterocycles. The fourth-order valence-electron chi connectivity index (χ4n) is 4.92. The van der Waals surface area contributed by atoms with Crippen molar-refractivity contribution in [3.8, 4) is 0 Å². The van der Waals surface area contributed by atoms with Gasteiger partial charge >= 0.3 is 4.87 Å². The fourth-order valence-corrected chi connectivity index (χ4v) is 8.06. The van der Waals surface area contributed by atoms with E-state index >= 15 is 0 Å². The van der Waals surface area contributed by atoms with Gasteiger partial charge in [0, 0.05) is 21.1 Å². The maximum Gasteiger partial charge on any atom is 0.305 e. The highest BCUT2D eigenvalue weighted by Crippen LogP contribution is 2.64. The molecule has 1 aromatic heterocycles. The molecule has 2 aliphatic carbocycles. The first-order valence-electron chi connectivity index (χ1n) is 7.86. The largest absolute Gasteiger partial charge is 0.307 e. The number of hydrogen-bond acceptors (Lipinski definition) is 3. The number of thiazole rings is 1. The third-order valence-corrected chi connectivity index (χ3v) is 8.67. The van der Waals surface area contributed by atoms with Gasteiger partial charge in [0.2, 0.25) is 0 Å². The maximum absolute atomic E-state index is 11.9. The van der Waals surface area contributed by atoms with Gasteiger partial charge < -0.3 is 4.98 Å². The van der Waals surface area contributed by atoms with Crippen molar-refractivity contribution in [2.45, 2.75) is 35.5 Å². The monoisotopic (exact) mass is 349 g/mol. The highest BCUT2D eigenvalue weighted by Gasteiger charge is 2.54. The molecule has 5 rings (SSSR count). The highest BCUT2D eigenvalue weighted by atomic mass is 35.5. The lowest BCUT2D eigenvalue weighted by Crippen LogP contribution is -2.33. The van der Waals surface area contributed by atoms with E-state index in [0.717, 1.165) is 21.9 Å². The normalized spacial score (nSPS) is 35.4. The first kappa shape index (κ1) is 13.7. The minimum absolute atomic E-state index is 0.0712. The second kappa shape index (κ2) is 4.89. The number of rotatable bonds is 1. The molecule has 2 aromatic rings. The van der Waals surface area contributed by atoms with Crippen LogP contribution in [0.25, 0.3) is 0 Å². The Bertz CT molecular complexity index is 798.